The normalized spacial score (nSPS) is 11.5. The molecule has 1 aliphatic heterocycles. The van der Waals surface area contributed by atoms with Crippen molar-refractivity contribution >= 4 is 0 Å². The lowest BCUT2D eigenvalue weighted by molar-refractivity contribution is 0.414. The molecule has 4 aromatic rings. The minimum absolute atomic E-state index is 0.625. The van der Waals surface area contributed by atoms with Crippen molar-refractivity contribution in [2.24, 2.45) is 0 Å². The molecule has 0 N–H and O–H groups in total. The molecule has 4 heterocycles. The first kappa shape index (κ1) is 16.3. The van der Waals surface area contributed by atoms with Crippen LogP contribution in [0.15, 0.2) is 49.2 Å². The number of nitrogens with zero attached hydrogens (tertiary/aromatic N) is 6. The molecule has 0 spiro atoms. The highest BCUT2D eigenvalue weighted by molar-refractivity contribution is 5.59. The second-order valence-electron chi connectivity index (χ2n) is 6.58. The number of pyridine rings is 1. The minimum atomic E-state index is 0.625. The Kier molecular flexibility index (Phi) is 3.69. The average Bonchev–Trinajstić information content (AvgIpc) is 3.31. The molecule has 3 aromatic heterocycles. The molecule has 1 aliphatic rings. The topological polar surface area (TPSA) is 70.7 Å². The van der Waals surface area contributed by atoms with Gasteiger partial charge in [0, 0.05) is 30.4 Å². The first-order valence-electron chi connectivity index (χ1n) is 8.81. The number of ether oxygens (including phenoxy) is 1. The predicted molar refractivity (Wildman–Crippen MR) is 103 cm³/mol. The molecule has 0 bridgehead atoms. The molecule has 0 atom stereocenters. The number of methoxy groups -OCH3 is 1. The first-order valence-corrected chi connectivity index (χ1v) is 8.81. The third-order valence-corrected chi connectivity index (χ3v) is 4.71. The Morgan fingerprint density at radius 3 is 2.86 bits per heavy atom. The van der Waals surface area contributed by atoms with Crippen molar-refractivity contribution in [1.29, 1.82) is 0 Å². The third kappa shape index (κ3) is 2.63. The summed E-state index contributed by atoms with van der Waals surface area (Å²) in [6.07, 6.45) is 7.77. The molecule has 0 unspecified atom stereocenters. The molecule has 136 valence electrons. The monoisotopic (exact) mass is 368 g/mol. The van der Waals surface area contributed by atoms with E-state index >= 15 is 0 Å². The lowest BCUT2D eigenvalue weighted by atomic mass is 10.2. The summed E-state index contributed by atoms with van der Waals surface area (Å²) >= 11 is 0. The Morgan fingerprint density at radius 1 is 1.07 bits per heavy atom. The molecule has 0 fully saturated rings. The van der Waals surface area contributed by atoms with Gasteiger partial charge in [0.05, 0.1) is 36.1 Å². The van der Waals surface area contributed by atoms with Crippen LogP contribution in [0.2, 0.25) is 0 Å². The van der Waals surface area contributed by atoms with Crippen LogP contribution in [-0.2, 0) is 6.42 Å². The van der Waals surface area contributed by atoms with Gasteiger partial charge in [-0.25, -0.2) is 9.67 Å². The summed E-state index contributed by atoms with van der Waals surface area (Å²) in [5, 5.41) is 8.35. The molecule has 28 heavy (non-hydrogen) atoms. The summed E-state index contributed by atoms with van der Waals surface area (Å²) in [7, 11) is 1.65. The summed E-state index contributed by atoms with van der Waals surface area (Å²) in [6.45, 7) is 2.00. The van der Waals surface area contributed by atoms with Crippen molar-refractivity contribution in [3.63, 3.8) is 0 Å². The Balaban J connectivity index is 1.66. The number of fused-ring (bicyclic) bond motifs is 5. The predicted octanol–water partition coefficient (Wildman–Crippen LogP) is 2.47. The van der Waals surface area contributed by atoms with Gasteiger partial charge in [0.2, 0.25) is 0 Å². The molecule has 0 saturated carbocycles. The molecular formula is C21H16N6O. The second kappa shape index (κ2) is 6.35. The van der Waals surface area contributed by atoms with Crippen LogP contribution in [-0.4, -0.2) is 36.6 Å². The maximum atomic E-state index is 5.39. The van der Waals surface area contributed by atoms with Crippen LogP contribution in [0, 0.1) is 18.8 Å². The van der Waals surface area contributed by atoms with Crippen molar-refractivity contribution in [3.8, 4) is 29.0 Å². The van der Waals surface area contributed by atoms with E-state index in [4.69, 9.17) is 4.74 Å². The number of benzene rings is 1. The average molecular weight is 368 g/mol. The van der Waals surface area contributed by atoms with E-state index in [0.29, 0.717) is 6.42 Å². The first-order chi connectivity index (χ1) is 13.7. The molecule has 1 aromatic carbocycles. The maximum absolute atomic E-state index is 5.39. The van der Waals surface area contributed by atoms with Crippen molar-refractivity contribution in [1.82, 2.24) is 29.5 Å². The zero-order valence-corrected chi connectivity index (χ0v) is 15.4. The lowest BCUT2D eigenvalue weighted by Gasteiger charge is -2.11. The molecule has 0 saturated heterocycles. The zero-order valence-electron chi connectivity index (χ0n) is 15.4. The summed E-state index contributed by atoms with van der Waals surface area (Å²) in [6, 6.07) is 7.88. The van der Waals surface area contributed by atoms with E-state index in [9.17, 15) is 0 Å². The van der Waals surface area contributed by atoms with Crippen LogP contribution in [0.5, 0.6) is 5.75 Å². The van der Waals surface area contributed by atoms with E-state index in [1.54, 1.807) is 25.8 Å². The van der Waals surface area contributed by atoms with E-state index in [0.717, 1.165) is 45.3 Å². The fraction of sp³-hybridized carbons (Fsp3) is 0.143. The number of imidazole rings is 1. The maximum Gasteiger partial charge on any atom is 0.135 e. The van der Waals surface area contributed by atoms with E-state index in [-0.39, 0.29) is 0 Å². The molecule has 0 amide bonds. The largest absolute Gasteiger partial charge is 0.497 e. The van der Waals surface area contributed by atoms with E-state index < -0.39 is 0 Å². The van der Waals surface area contributed by atoms with Gasteiger partial charge in [-0.3, -0.25) is 9.55 Å². The van der Waals surface area contributed by atoms with Crippen molar-refractivity contribution < 1.29 is 4.74 Å². The van der Waals surface area contributed by atoms with Gasteiger partial charge in [-0.1, -0.05) is 11.1 Å². The summed E-state index contributed by atoms with van der Waals surface area (Å²) in [5.74, 6) is 7.14. The third-order valence-electron chi connectivity index (χ3n) is 4.71. The molecule has 0 radical (unpaired) electrons. The van der Waals surface area contributed by atoms with Gasteiger partial charge in [-0.05, 0) is 36.6 Å². The number of aromatic nitrogens is 6. The standard InChI is InChI=1S/C21H16N6O/c1-14-7-15(11-22-10-14)3-5-18-20-8-16-12-24-25-27(16)21-9-17(28-2)4-6-19(21)26(20)13-23-18/h4,6-7,9-13H,8H2,1-2H3. The van der Waals surface area contributed by atoms with Crippen molar-refractivity contribution in [3.05, 3.63) is 77.4 Å². The van der Waals surface area contributed by atoms with Gasteiger partial charge in [-0.2, -0.15) is 0 Å². The highest BCUT2D eigenvalue weighted by Gasteiger charge is 2.23. The number of hydrogen-bond acceptors (Lipinski definition) is 5. The van der Waals surface area contributed by atoms with Crippen molar-refractivity contribution in [2.75, 3.05) is 7.11 Å². The van der Waals surface area contributed by atoms with Gasteiger partial charge in [-0.15, -0.1) is 5.10 Å². The Labute approximate surface area is 161 Å². The SMILES string of the molecule is COc1ccc2c(c1)-n1nncc1Cc1c(C#Cc3cncc(C)c3)ncn1-2. The highest BCUT2D eigenvalue weighted by Crippen LogP contribution is 2.30. The summed E-state index contributed by atoms with van der Waals surface area (Å²) < 4.78 is 9.29. The van der Waals surface area contributed by atoms with Gasteiger partial charge in [0.15, 0.2) is 0 Å². The Bertz CT molecular complexity index is 1260. The molecular weight excluding hydrogens is 352 g/mol. The zero-order chi connectivity index (χ0) is 19.1. The quantitative estimate of drug-likeness (QED) is 0.425. The van der Waals surface area contributed by atoms with E-state index in [1.807, 2.05) is 42.1 Å². The fourth-order valence-corrected chi connectivity index (χ4v) is 3.36. The van der Waals surface area contributed by atoms with E-state index in [1.165, 1.54) is 0 Å². The van der Waals surface area contributed by atoms with E-state index in [2.05, 4.69) is 36.7 Å². The van der Waals surface area contributed by atoms with Crippen LogP contribution in [0.4, 0.5) is 0 Å². The lowest BCUT2D eigenvalue weighted by Crippen LogP contribution is -2.03. The number of aryl methyl sites for hydroxylation is 1. The molecule has 7 heteroatoms. The van der Waals surface area contributed by atoms with Crippen LogP contribution >= 0.6 is 0 Å². The second-order valence-corrected chi connectivity index (χ2v) is 6.58. The Morgan fingerprint density at radius 2 is 2.00 bits per heavy atom. The smallest absolute Gasteiger partial charge is 0.135 e. The Hall–Kier alpha value is -3.92. The minimum Gasteiger partial charge on any atom is -0.497 e. The van der Waals surface area contributed by atoms with Gasteiger partial charge in [0.1, 0.15) is 17.8 Å². The molecule has 0 aliphatic carbocycles. The fourth-order valence-electron chi connectivity index (χ4n) is 3.36. The highest BCUT2D eigenvalue weighted by atomic mass is 16.5. The van der Waals surface area contributed by atoms with Crippen LogP contribution in [0.1, 0.15) is 28.2 Å². The number of rotatable bonds is 1. The van der Waals surface area contributed by atoms with Gasteiger partial charge in [0.25, 0.3) is 0 Å². The van der Waals surface area contributed by atoms with Crippen LogP contribution < -0.4 is 4.74 Å². The molecule has 5 rings (SSSR count). The van der Waals surface area contributed by atoms with Crippen LogP contribution in [0.3, 0.4) is 0 Å². The van der Waals surface area contributed by atoms with Crippen LogP contribution in [0.25, 0.3) is 11.4 Å². The summed E-state index contributed by atoms with van der Waals surface area (Å²) in [5.41, 5.74) is 6.50. The molecule has 7 nitrogen and oxygen atoms in total. The van der Waals surface area contributed by atoms with Crippen molar-refractivity contribution in [2.45, 2.75) is 13.3 Å². The number of hydrogen-bond donors (Lipinski definition) is 0. The van der Waals surface area contributed by atoms with Gasteiger partial charge < -0.3 is 4.74 Å². The van der Waals surface area contributed by atoms with Gasteiger partial charge >= 0.3 is 0 Å². The summed E-state index contributed by atoms with van der Waals surface area (Å²) in [4.78, 5) is 8.76.